The zero-order valence-electron chi connectivity index (χ0n) is 8.18. The maximum atomic E-state index is 11.4. The lowest BCUT2D eigenvalue weighted by Crippen LogP contribution is -2.25. The number of nitrogens with zero attached hydrogens (tertiary/aromatic N) is 2. The van der Waals surface area contributed by atoms with Gasteiger partial charge in [0.2, 0.25) is 10.0 Å². The Hall–Kier alpha value is -1.04. The monoisotopic (exact) mass is 217 g/mol. The summed E-state index contributed by atoms with van der Waals surface area (Å²) in [7, 11) is -3.23. The highest BCUT2D eigenvalue weighted by atomic mass is 32.2. The van der Waals surface area contributed by atoms with Gasteiger partial charge in [0, 0.05) is 6.20 Å². The number of rotatable bonds is 6. The van der Waals surface area contributed by atoms with Crippen molar-refractivity contribution in [1.82, 2.24) is 9.89 Å². The van der Waals surface area contributed by atoms with Crippen LogP contribution in [-0.4, -0.2) is 24.1 Å². The van der Waals surface area contributed by atoms with E-state index in [0.29, 0.717) is 6.42 Å². The summed E-state index contributed by atoms with van der Waals surface area (Å²) >= 11 is 0. The van der Waals surface area contributed by atoms with Crippen molar-refractivity contribution in [3.63, 3.8) is 0 Å². The molecule has 1 heterocycles. The van der Waals surface area contributed by atoms with E-state index >= 15 is 0 Å². The van der Waals surface area contributed by atoms with E-state index in [1.54, 1.807) is 12.3 Å². The van der Waals surface area contributed by atoms with Gasteiger partial charge in [-0.3, -0.25) is 0 Å². The van der Waals surface area contributed by atoms with Gasteiger partial charge in [-0.25, -0.2) is 13.2 Å². The van der Waals surface area contributed by atoms with Crippen molar-refractivity contribution in [2.24, 2.45) is 0 Å². The van der Waals surface area contributed by atoms with Gasteiger partial charge < -0.3 is 0 Å². The number of hydrogen-bond acceptors (Lipinski definition) is 3. The van der Waals surface area contributed by atoms with E-state index < -0.39 is 10.0 Å². The Morgan fingerprint density at radius 2 is 2.21 bits per heavy atom. The van der Waals surface area contributed by atoms with Gasteiger partial charge in [-0.2, -0.15) is 9.89 Å². The fourth-order valence-electron chi connectivity index (χ4n) is 1.05. The van der Waals surface area contributed by atoms with Crippen LogP contribution in [0.1, 0.15) is 26.2 Å². The van der Waals surface area contributed by atoms with E-state index in [9.17, 15) is 8.42 Å². The van der Waals surface area contributed by atoms with E-state index in [0.717, 1.165) is 12.8 Å². The second kappa shape index (κ2) is 4.99. The molecule has 0 saturated carbocycles. The Morgan fingerprint density at radius 1 is 1.43 bits per heavy atom. The molecule has 0 saturated heterocycles. The zero-order valence-corrected chi connectivity index (χ0v) is 9.00. The van der Waals surface area contributed by atoms with Crippen molar-refractivity contribution < 1.29 is 8.42 Å². The third kappa shape index (κ3) is 3.78. The summed E-state index contributed by atoms with van der Waals surface area (Å²) in [5, 5.41) is 3.76. The third-order valence-corrected chi connectivity index (χ3v) is 3.04. The molecule has 0 bridgehead atoms. The average Bonchev–Trinajstić information content (AvgIpc) is 2.56. The molecule has 0 radical (unpaired) electrons. The molecule has 0 amide bonds. The van der Waals surface area contributed by atoms with Crippen molar-refractivity contribution in [3.05, 3.63) is 18.5 Å². The number of unbranched alkanes of at least 4 members (excludes halogenated alkanes) is 2. The molecule has 1 aromatic heterocycles. The lowest BCUT2D eigenvalue weighted by Gasteiger charge is -2.06. The van der Waals surface area contributed by atoms with Crippen LogP contribution in [0, 0.1) is 0 Å². The van der Waals surface area contributed by atoms with Gasteiger partial charge in [-0.05, 0) is 12.5 Å². The quantitative estimate of drug-likeness (QED) is 0.721. The number of hydrogen-bond donors (Lipinski definition) is 1. The maximum absolute atomic E-state index is 11.4. The summed E-state index contributed by atoms with van der Waals surface area (Å²) in [4.78, 5) is 3.53. The lowest BCUT2D eigenvalue weighted by atomic mass is 10.3. The molecule has 0 aliphatic heterocycles. The first kappa shape index (κ1) is 11.0. The van der Waals surface area contributed by atoms with E-state index in [1.807, 2.05) is 6.92 Å². The summed E-state index contributed by atoms with van der Waals surface area (Å²) in [5.41, 5.74) is 0. The largest absolute Gasteiger partial charge is 0.247 e. The molecule has 0 aliphatic rings. The van der Waals surface area contributed by atoms with E-state index in [1.165, 1.54) is 11.0 Å². The molecule has 1 aromatic rings. The molecule has 0 unspecified atom stereocenters. The Morgan fingerprint density at radius 3 is 2.79 bits per heavy atom. The molecule has 0 fully saturated rings. The Balaban J connectivity index is 2.42. The first-order valence-electron chi connectivity index (χ1n) is 4.64. The molecule has 14 heavy (non-hydrogen) atoms. The van der Waals surface area contributed by atoms with Crippen LogP contribution in [-0.2, 0) is 10.0 Å². The summed E-state index contributed by atoms with van der Waals surface area (Å²) in [6.45, 7) is 2.04. The third-order valence-electron chi connectivity index (χ3n) is 1.75. The second-order valence-electron chi connectivity index (χ2n) is 3.07. The van der Waals surface area contributed by atoms with Gasteiger partial charge in [0.1, 0.15) is 0 Å². The Labute approximate surface area is 84.1 Å². The molecule has 5 nitrogen and oxygen atoms in total. The summed E-state index contributed by atoms with van der Waals surface area (Å²) in [6.07, 6.45) is 5.70. The zero-order chi connectivity index (χ0) is 10.4. The van der Waals surface area contributed by atoms with Crippen LogP contribution < -0.4 is 4.83 Å². The number of sulfonamides is 1. The minimum atomic E-state index is -3.23. The molecule has 0 atom stereocenters. The minimum absolute atomic E-state index is 0.153. The molecule has 0 aliphatic carbocycles. The topological polar surface area (TPSA) is 64.0 Å². The number of nitrogens with one attached hydrogen (secondary N) is 1. The molecular weight excluding hydrogens is 202 g/mol. The molecule has 0 spiro atoms. The first-order valence-corrected chi connectivity index (χ1v) is 6.29. The molecule has 0 aromatic carbocycles. The predicted octanol–water partition coefficient (Wildman–Crippen LogP) is 0.947. The van der Waals surface area contributed by atoms with Crippen LogP contribution in [0.2, 0.25) is 0 Å². The second-order valence-corrected chi connectivity index (χ2v) is 4.89. The van der Waals surface area contributed by atoms with Crippen molar-refractivity contribution in [3.8, 4) is 0 Å². The van der Waals surface area contributed by atoms with Gasteiger partial charge in [0.25, 0.3) is 0 Å². The smallest absolute Gasteiger partial charge is 0.205 e. The van der Waals surface area contributed by atoms with Gasteiger partial charge in [-0.1, -0.05) is 19.8 Å². The molecule has 1 rings (SSSR count). The van der Waals surface area contributed by atoms with Gasteiger partial charge in [0.05, 0.1) is 11.9 Å². The highest BCUT2D eigenvalue weighted by Gasteiger charge is 2.08. The van der Waals surface area contributed by atoms with Crippen molar-refractivity contribution >= 4 is 10.0 Å². The fourth-order valence-corrected chi connectivity index (χ4v) is 2.12. The first-order chi connectivity index (χ1) is 6.64. The van der Waals surface area contributed by atoms with Crippen LogP contribution in [0.25, 0.3) is 0 Å². The Kier molecular flexibility index (Phi) is 3.94. The molecule has 1 N–H and O–H groups in total. The number of aromatic nitrogens is 2. The molecule has 6 heteroatoms. The van der Waals surface area contributed by atoms with Gasteiger partial charge in [-0.15, -0.1) is 0 Å². The van der Waals surface area contributed by atoms with Crippen LogP contribution in [0.4, 0.5) is 0 Å². The summed E-state index contributed by atoms with van der Waals surface area (Å²) in [6, 6.07) is 1.66. The van der Waals surface area contributed by atoms with E-state index in [-0.39, 0.29) is 5.75 Å². The highest BCUT2D eigenvalue weighted by molar-refractivity contribution is 7.92. The van der Waals surface area contributed by atoms with Gasteiger partial charge >= 0.3 is 0 Å². The van der Waals surface area contributed by atoms with E-state index in [2.05, 4.69) is 9.93 Å². The van der Waals surface area contributed by atoms with Crippen LogP contribution in [0.5, 0.6) is 0 Å². The predicted molar refractivity (Wildman–Crippen MR) is 54.9 cm³/mol. The average molecular weight is 217 g/mol. The minimum Gasteiger partial charge on any atom is -0.205 e. The van der Waals surface area contributed by atoms with Crippen molar-refractivity contribution in [1.29, 1.82) is 0 Å². The molecular formula is C8H15N3O2S. The highest BCUT2D eigenvalue weighted by Crippen LogP contribution is 1.98. The van der Waals surface area contributed by atoms with Crippen LogP contribution in [0.3, 0.4) is 0 Å². The van der Waals surface area contributed by atoms with Crippen molar-refractivity contribution in [2.75, 3.05) is 10.6 Å². The van der Waals surface area contributed by atoms with Crippen LogP contribution >= 0.6 is 0 Å². The summed E-state index contributed by atoms with van der Waals surface area (Å²) in [5.74, 6) is 0.153. The normalized spacial score (nSPS) is 11.5. The van der Waals surface area contributed by atoms with Crippen molar-refractivity contribution in [2.45, 2.75) is 26.2 Å². The standard InChI is InChI=1S/C8H15N3O2S/c1-2-3-4-8-14(12,13)10-11-7-5-6-9-11/h5-7,10H,2-4,8H2,1H3. The van der Waals surface area contributed by atoms with E-state index in [4.69, 9.17) is 0 Å². The fraction of sp³-hybridized carbons (Fsp3) is 0.625. The maximum Gasteiger partial charge on any atom is 0.247 e. The van der Waals surface area contributed by atoms with Gasteiger partial charge in [0.15, 0.2) is 0 Å². The summed E-state index contributed by atoms with van der Waals surface area (Å²) < 4.78 is 22.8. The molecule has 80 valence electrons. The Bertz CT molecular complexity index is 345. The SMILES string of the molecule is CCCCCS(=O)(=O)Nn1cccn1. The van der Waals surface area contributed by atoms with Crippen LogP contribution in [0.15, 0.2) is 18.5 Å². The lowest BCUT2D eigenvalue weighted by molar-refractivity contribution is 0.587.